The Bertz CT molecular complexity index is 617. The first-order valence-electron chi connectivity index (χ1n) is 5.61. The normalized spacial score (nSPS) is 16.4. The van der Waals surface area contributed by atoms with Crippen LogP contribution < -0.4 is 0 Å². The number of alkyl halides is 17. The van der Waals surface area contributed by atoms with E-state index in [2.05, 4.69) is 11.6 Å². The quantitative estimate of drug-likeness (QED) is 0.333. The van der Waals surface area contributed by atoms with Crippen molar-refractivity contribution >= 4 is 16.8 Å². The highest BCUT2D eigenvalue weighted by Crippen LogP contribution is 2.64. The third-order valence-corrected chi connectivity index (χ3v) is 3.21. The minimum atomic E-state index is -8.72. The van der Waals surface area contributed by atoms with Gasteiger partial charge in [0.1, 0.15) is 0 Å². The summed E-state index contributed by atoms with van der Waals surface area (Å²) in [5.41, 5.74) is 0. The molecule has 0 amide bonds. The summed E-state index contributed by atoms with van der Waals surface area (Å²) < 4.78 is 215. The Kier molecular flexibility index (Phi) is 6.10. The van der Waals surface area contributed by atoms with Gasteiger partial charge in [0, 0.05) is 0 Å². The van der Waals surface area contributed by atoms with Gasteiger partial charge in [0.15, 0.2) is 0 Å². The van der Waals surface area contributed by atoms with Crippen LogP contribution in [0.3, 0.4) is 0 Å². The molecule has 0 aliphatic rings. The summed E-state index contributed by atoms with van der Waals surface area (Å²) in [4.78, 5) is 9.98. The summed E-state index contributed by atoms with van der Waals surface area (Å²) in [6.45, 7) is 0. The van der Waals surface area contributed by atoms with Crippen LogP contribution in [0, 0.1) is 0 Å². The molecule has 0 saturated heterocycles. The van der Waals surface area contributed by atoms with Crippen molar-refractivity contribution in [3.05, 3.63) is 0 Å². The van der Waals surface area contributed by atoms with Crippen molar-refractivity contribution in [2.75, 3.05) is 0 Å². The second kappa shape index (κ2) is 6.38. The second-order valence-corrected chi connectivity index (χ2v) is 5.14. The van der Waals surface area contributed by atoms with Crippen molar-refractivity contribution in [2.24, 2.45) is 0 Å². The first-order valence-corrected chi connectivity index (χ1v) is 5.98. The molecular weight excluding hydrogens is 483 g/mol. The van der Waals surface area contributed by atoms with Crippen LogP contribution in [0.1, 0.15) is 0 Å². The van der Waals surface area contributed by atoms with Gasteiger partial charge >= 0.3 is 47.6 Å². The van der Waals surface area contributed by atoms with E-state index in [0.717, 1.165) is 0 Å². The molecule has 28 heavy (non-hydrogen) atoms. The van der Waals surface area contributed by atoms with Gasteiger partial charge in [-0.1, -0.05) is 0 Å². The van der Waals surface area contributed by atoms with Gasteiger partial charge in [-0.3, -0.25) is 4.79 Å². The molecule has 0 heterocycles. The van der Waals surface area contributed by atoms with Crippen LogP contribution in [0.5, 0.6) is 0 Å². The molecule has 0 bridgehead atoms. The molecule has 1 nitrogen and oxygen atoms in total. The van der Waals surface area contributed by atoms with Crippen LogP contribution in [0.25, 0.3) is 0 Å². The molecule has 19 heteroatoms. The molecule has 0 rings (SSSR count). The lowest BCUT2D eigenvalue weighted by atomic mass is 9.89. The van der Waals surface area contributed by atoms with Gasteiger partial charge < -0.3 is 0 Å². The highest BCUT2D eigenvalue weighted by atomic mass is 35.5. The predicted octanol–water partition coefficient (Wildman–Crippen LogP) is 5.76. The van der Waals surface area contributed by atoms with Crippen molar-refractivity contribution in [3.8, 4) is 0 Å². The fraction of sp³-hybridized carbons (Fsp3) is 0.889. The van der Waals surface area contributed by atoms with E-state index in [1.165, 1.54) is 0 Å². The Balaban J connectivity index is 6.76. The van der Waals surface area contributed by atoms with Crippen LogP contribution in [-0.4, -0.2) is 52.9 Å². The zero-order valence-corrected chi connectivity index (χ0v) is 12.5. The summed E-state index contributed by atoms with van der Waals surface area (Å²) in [7, 11) is 0. The van der Waals surface area contributed by atoms with Gasteiger partial charge in [0.2, 0.25) is 0 Å². The van der Waals surface area contributed by atoms with E-state index in [9.17, 15) is 79.4 Å². The molecule has 0 atom stereocenters. The van der Waals surface area contributed by atoms with Gasteiger partial charge in [0.05, 0.1) is 0 Å². The summed E-state index contributed by atoms with van der Waals surface area (Å²) in [6, 6.07) is 0. The lowest BCUT2D eigenvalue weighted by molar-refractivity contribution is -0.459. The Morgan fingerprint density at radius 3 is 0.857 bits per heavy atom. The van der Waals surface area contributed by atoms with Crippen molar-refractivity contribution < 1.29 is 79.4 Å². The largest absolute Gasteiger partial charge is 0.460 e. The van der Waals surface area contributed by atoms with E-state index in [0.29, 0.717) is 0 Å². The number of carbonyl (C=O) groups excluding carboxylic acids is 1. The first-order chi connectivity index (χ1) is 11.7. The fourth-order valence-electron chi connectivity index (χ4n) is 1.29. The molecule has 0 aromatic rings. The molecule has 0 aliphatic carbocycles. The van der Waals surface area contributed by atoms with Crippen LogP contribution in [0.15, 0.2) is 0 Å². The fourth-order valence-corrected chi connectivity index (χ4v) is 1.41. The van der Waals surface area contributed by atoms with Gasteiger partial charge in [0.25, 0.3) is 5.24 Å². The zero-order chi connectivity index (χ0) is 23.6. The highest BCUT2D eigenvalue weighted by Gasteiger charge is 2.95. The topological polar surface area (TPSA) is 17.1 Å². The molecule has 0 spiro atoms. The van der Waals surface area contributed by atoms with Gasteiger partial charge in [-0.25, -0.2) is 0 Å². The molecule has 0 aromatic carbocycles. The Morgan fingerprint density at radius 1 is 0.429 bits per heavy atom. The summed E-state index contributed by atoms with van der Waals surface area (Å²) in [5, 5.41) is -3.91. The maximum absolute atomic E-state index is 13.0. The van der Waals surface area contributed by atoms with Gasteiger partial charge in [-0.15, -0.1) is 0 Å². The Hall–Kier alpha value is -1.23. The predicted molar refractivity (Wildman–Crippen MR) is 51.5 cm³/mol. The lowest BCUT2D eigenvalue weighted by Crippen LogP contribution is -2.74. The van der Waals surface area contributed by atoms with Crippen LogP contribution in [0.4, 0.5) is 74.6 Å². The van der Waals surface area contributed by atoms with Crippen LogP contribution in [0.2, 0.25) is 0 Å². The molecule has 0 N–H and O–H groups in total. The highest BCUT2D eigenvalue weighted by molar-refractivity contribution is 6.65. The molecular formula is C9ClF17O. The Morgan fingerprint density at radius 2 is 0.643 bits per heavy atom. The second-order valence-electron chi connectivity index (χ2n) is 4.79. The van der Waals surface area contributed by atoms with Gasteiger partial charge in [-0.05, 0) is 11.6 Å². The van der Waals surface area contributed by atoms with Crippen LogP contribution in [-0.2, 0) is 4.79 Å². The van der Waals surface area contributed by atoms with Crippen molar-refractivity contribution in [2.45, 2.75) is 47.6 Å². The van der Waals surface area contributed by atoms with Gasteiger partial charge in [-0.2, -0.15) is 74.6 Å². The standard InChI is InChI=1S/C9ClF17O/c10-1(28)2(11,12)3(13,14)4(15,16)5(17,18)6(19,20)7(21,22)8(23,24)9(25,26)27. The lowest BCUT2D eigenvalue weighted by Gasteiger charge is -2.42. The number of carbonyl (C=O) groups is 1. The third kappa shape index (κ3) is 3.05. The third-order valence-electron chi connectivity index (χ3n) is 2.97. The van der Waals surface area contributed by atoms with Crippen molar-refractivity contribution in [3.63, 3.8) is 0 Å². The molecule has 0 fully saturated rings. The monoisotopic (exact) mass is 482 g/mol. The maximum atomic E-state index is 13.0. The summed E-state index contributed by atoms with van der Waals surface area (Å²) in [5.74, 6) is -58.0. The molecule has 0 unspecified atom stereocenters. The minimum Gasteiger partial charge on any atom is -0.274 e. The smallest absolute Gasteiger partial charge is 0.274 e. The number of hydrogen-bond acceptors (Lipinski definition) is 1. The maximum Gasteiger partial charge on any atom is 0.460 e. The number of halogens is 18. The van der Waals surface area contributed by atoms with Crippen LogP contribution >= 0.6 is 11.6 Å². The SMILES string of the molecule is O=C(Cl)C(F)(F)C(F)(F)C(F)(F)C(F)(F)C(F)(F)C(F)(F)C(F)(F)C(F)(F)F. The average Bonchev–Trinajstić information content (AvgIpc) is 2.44. The van der Waals surface area contributed by atoms with E-state index in [4.69, 9.17) is 0 Å². The van der Waals surface area contributed by atoms with E-state index in [1.54, 1.807) is 0 Å². The summed E-state index contributed by atoms with van der Waals surface area (Å²) >= 11 is 3.70. The average molecular weight is 483 g/mol. The minimum absolute atomic E-state index is 3.70. The number of hydrogen-bond donors (Lipinski definition) is 0. The van der Waals surface area contributed by atoms with E-state index in [1.807, 2.05) is 0 Å². The molecule has 168 valence electrons. The van der Waals surface area contributed by atoms with E-state index in [-0.39, 0.29) is 0 Å². The summed E-state index contributed by atoms with van der Waals surface area (Å²) in [6.07, 6.45) is -7.82. The van der Waals surface area contributed by atoms with E-state index >= 15 is 0 Å². The number of rotatable bonds is 7. The first kappa shape index (κ1) is 26.8. The van der Waals surface area contributed by atoms with Crippen molar-refractivity contribution in [1.82, 2.24) is 0 Å². The molecule has 0 aromatic heterocycles. The van der Waals surface area contributed by atoms with Crippen molar-refractivity contribution in [1.29, 1.82) is 0 Å². The molecule has 0 saturated carbocycles. The van der Waals surface area contributed by atoms with E-state index < -0.39 is 52.9 Å². The molecule has 0 aliphatic heterocycles. The molecule has 0 radical (unpaired) electrons. The zero-order valence-electron chi connectivity index (χ0n) is 11.7. The Labute approximate surface area is 145 Å².